The van der Waals surface area contributed by atoms with E-state index in [1.54, 1.807) is 0 Å². The SMILES string of the molecule is CCN(CC)c1ccc2c(-c3ccccc3C(C)(C)C)c3ccc(=[N+](CC)CC)cc-3oc2c1. The summed E-state index contributed by atoms with van der Waals surface area (Å²) in [4.78, 5) is 2.37. The van der Waals surface area contributed by atoms with Gasteiger partial charge in [-0.15, -0.1) is 0 Å². The van der Waals surface area contributed by atoms with Crippen LogP contribution in [0.4, 0.5) is 5.69 Å². The molecule has 2 aromatic carbocycles. The Balaban J connectivity index is 2.14. The molecule has 0 spiro atoms. The van der Waals surface area contributed by atoms with E-state index in [1.165, 1.54) is 27.7 Å². The molecule has 0 fully saturated rings. The molecule has 1 heterocycles. The van der Waals surface area contributed by atoms with Gasteiger partial charge in [-0.25, -0.2) is 4.58 Å². The van der Waals surface area contributed by atoms with Crippen molar-refractivity contribution in [2.24, 2.45) is 0 Å². The third-order valence-electron chi connectivity index (χ3n) is 6.95. The van der Waals surface area contributed by atoms with Crippen LogP contribution in [0.5, 0.6) is 0 Å². The summed E-state index contributed by atoms with van der Waals surface area (Å²) >= 11 is 0. The minimum Gasteiger partial charge on any atom is -0.456 e. The molecular formula is C31H39N2O+. The van der Waals surface area contributed by atoms with Crippen molar-refractivity contribution in [3.8, 4) is 22.5 Å². The highest BCUT2D eigenvalue weighted by atomic mass is 16.3. The lowest BCUT2D eigenvalue weighted by Crippen LogP contribution is -2.29. The van der Waals surface area contributed by atoms with E-state index < -0.39 is 0 Å². The molecule has 1 aliphatic carbocycles. The largest absolute Gasteiger partial charge is 0.456 e. The highest BCUT2D eigenvalue weighted by Gasteiger charge is 2.24. The van der Waals surface area contributed by atoms with Crippen LogP contribution >= 0.6 is 0 Å². The van der Waals surface area contributed by atoms with Gasteiger partial charge in [-0.05, 0) is 62.4 Å². The molecule has 0 saturated heterocycles. The van der Waals surface area contributed by atoms with Crippen molar-refractivity contribution in [2.45, 2.75) is 53.9 Å². The van der Waals surface area contributed by atoms with Crippen LogP contribution in [0.15, 0.2) is 65.1 Å². The second kappa shape index (κ2) is 9.66. The molecule has 0 aromatic heterocycles. The molecule has 3 nitrogen and oxygen atoms in total. The standard InChI is InChI=1S/C31H39N2O/c1-8-32(9-2)22-16-18-25-28(20-22)34-29-21-23(33(10-3)11-4)17-19-26(29)30(25)24-14-12-13-15-27(24)31(5,6)7/h12-21H,8-11H2,1-7H3/q+1. The van der Waals surface area contributed by atoms with Gasteiger partial charge in [-0.3, -0.25) is 0 Å². The molecule has 1 aliphatic heterocycles. The van der Waals surface area contributed by atoms with Crippen molar-refractivity contribution in [1.29, 1.82) is 0 Å². The van der Waals surface area contributed by atoms with E-state index in [1.807, 2.05) is 0 Å². The average Bonchev–Trinajstić information content (AvgIpc) is 2.83. The molecule has 0 saturated carbocycles. The maximum atomic E-state index is 6.64. The number of hydrogen-bond donors (Lipinski definition) is 0. The smallest absolute Gasteiger partial charge is 0.203 e. The van der Waals surface area contributed by atoms with Crippen LogP contribution in [0.25, 0.3) is 33.4 Å². The zero-order valence-corrected chi connectivity index (χ0v) is 21.9. The second-order valence-electron chi connectivity index (χ2n) is 9.98. The third kappa shape index (κ3) is 4.36. The van der Waals surface area contributed by atoms with Crippen LogP contribution in [0, 0.1) is 0 Å². The number of nitrogens with zero attached hydrogens (tertiary/aromatic N) is 2. The maximum absolute atomic E-state index is 6.64. The molecule has 0 bridgehead atoms. The maximum Gasteiger partial charge on any atom is 0.203 e. The number of hydrogen-bond acceptors (Lipinski definition) is 2. The van der Waals surface area contributed by atoms with Crippen LogP contribution < -0.4 is 14.8 Å². The van der Waals surface area contributed by atoms with E-state index in [0.717, 1.165) is 48.5 Å². The van der Waals surface area contributed by atoms with Gasteiger partial charge in [-0.1, -0.05) is 45.0 Å². The molecule has 0 unspecified atom stereocenters. The van der Waals surface area contributed by atoms with Gasteiger partial charge in [0, 0.05) is 47.4 Å². The quantitative estimate of drug-likeness (QED) is 0.227. The second-order valence-corrected chi connectivity index (χ2v) is 9.98. The molecule has 34 heavy (non-hydrogen) atoms. The van der Waals surface area contributed by atoms with Crippen molar-refractivity contribution in [3.05, 3.63) is 71.6 Å². The van der Waals surface area contributed by atoms with Gasteiger partial charge < -0.3 is 9.32 Å². The third-order valence-corrected chi connectivity index (χ3v) is 6.95. The molecule has 0 radical (unpaired) electrons. The van der Waals surface area contributed by atoms with Crippen molar-refractivity contribution in [2.75, 3.05) is 31.1 Å². The molecule has 0 N–H and O–H groups in total. The van der Waals surface area contributed by atoms with Crippen LogP contribution in [0.1, 0.15) is 54.0 Å². The number of fused-ring (bicyclic) bond motifs is 2. The van der Waals surface area contributed by atoms with Gasteiger partial charge in [0.25, 0.3) is 0 Å². The number of rotatable bonds is 6. The minimum absolute atomic E-state index is 0.0323. The fraction of sp³-hybridized carbons (Fsp3) is 0.387. The summed E-state index contributed by atoms with van der Waals surface area (Å²) in [5.74, 6) is 0.937. The Kier molecular flexibility index (Phi) is 6.84. The first kappa shape index (κ1) is 24.1. The van der Waals surface area contributed by atoms with Crippen molar-refractivity contribution in [1.82, 2.24) is 4.58 Å². The Bertz CT molecular complexity index is 1330. The zero-order valence-electron chi connectivity index (χ0n) is 21.9. The van der Waals surface area contributed by atoms with Crippen LogP contribution in [-0.2, 0) is 5.41 Å². The summed E-state index contributed by atoms with van der Waals surface area (Å²) in [6.07, 6.45) is 0. The molecule has 3 heteroatoms. The lowest BCUT2D eigenvalue weighted by atomic mass is 9.80. The molecule has 4 rings (SSSR count). The summed E-state index contributed by atoms with van der Waals surface area (Å²) in [5, 5.41) is 2.37. The monoisotopic (exact) mass is 455 g/mol. The van der Waals surface area contributed by atoms with Crippen LogP contribution in [0.3, 0.4) is 0 Å². The molecule has 2 aliphatic rings. The molecular weight excluding hydrogens is 416 g/mol. The molecule has 0 amide bonds. The van der Waals surface area contributed by atoms with Crippen molar-refractivity contribution < 1.29 is 4.42 Å². The highest BCUT2D eigenvalue weighted by Crippen LogP contribution is 2.44. The Morgan fingerprint density at radius 1 is 0.794 bits per heavy atom. The number of anilines is 1. The summed E-state index contributed by atoms with van der Waals surface area (Å²) in [7, 11) is 0. The number of benzene rings is 3. The first-order chi connectivity index (χ1) is 16.3. The minimum atomic E-state index is 0.0323. The van der Waals surface area contributed by atoms with E-state index in [2.05, 4.69) is 119 Å². The first-order valence-electron chi connectivity index (χ1n) is 12.8. The first-order valence-corrected chi connectivity index (χ1v) is 12.8. The van der Waals surface area contributed by atoms with E-state index in [0.29, 0.717) is 0 Å². The van der Waals surface area contributed by atoms with E-state index in [-0.39, 0.29) is 5.41 Å². The van der Waals surface area contributed by atoms with Gasteiger partial charge in [0.2, 0.25) is 5.36 Å². The van der Waals surface area contributed by atoms with Gasteiger partial charge in [0.1, 0.15) is 24.4 Å². The zero-order chi connectivity index (χ0) is 24.5. The predicted octanol–water partition coefficient (Wildman–Crippen LogP) is 7.16. The fourth-order valence-corrected chi connectivity index (χ4v) is 5.08. The van der Waals surface area contributed by atoms with Gasteiger partial charge >= 0.3 is 0 Å². The summed E-state index contributed by atoms with van der Waals surface area (Å²) in [6, 6.07) is 22.3. The van der Waals surface area contributed by atoms with Crippen molar-refractivity contribution >= 4 is 16.7 Å². The van der Waals surface area contributed by atoms with Gasteiger partial charge in [0.05, 0.1) is 6.07 Å². The highest BCUT2D eigenvalue weighted by molar-refractivity contribution is 6.03. The Hall–Kier alpha value is -3.07. The van der Waals surface area contributed by atoms with E-state index >= 15 is 0 Å². The lowest BCUT2D eigenvalue weighted by molar-refractivity contribution is 0.591. The normalized spacial score (nSPS) is 11.9. The van der Waals surface area contributed by atoms with Crippen molar-refractivity contribution in [3.63, 3.8) is 0 Å². The summed E-state index contributed by atoms with van der Waals surface area (Å²) in [6.45, 7) is 19.6. The average molecular weight is 456 g/mol. The van der Waals surface area contributed by atoms with E-state index in [9.17, 15) is 0 Å². The summed E-state index contributed by atoms with van der Waals surface area (Å²) < 4.78 is 9.01. The Morgan fingerprint density at radius 2 is 1.50 bits per heavy atom. The molecule has 2 aromatic rings. The van der Waals surface area contributed by atoms with Gasteiger partial charge in [0.15, 0.2) is 0 Å². The fourth-order valence-electron chi connectivity index (χ4n) is 5.08. The van der Waals surface area contributed by atoms with Crippen LogP contribution in [-0.4, -0.2) is 26.2 Å². The van der Waals surface area contributed by atoms with Gasteiger partial charge in [-0.2, -0.15) is 0 Å². The topological polar surface area (TPSA) is 19.4 Å². The molecule has 0 atom stereocenters. The predicted molar refractivity (Wildman–Crippen MR) is 147 cm³/mol. The lowest BCUT2D eigenvalue weighted by Gasteiger charge is -2.26. The van der Waals surface area contributed by atoms with E-state index in [4.69, 9.17) is 4.42 Å². The molecule has 178 valence electrons. The van der Waals surface area contributed by atoms with Crippen LogP contribution in [0.2, 0.25) is 0 Å². The Labute approximate surface area is 204 Å². The Morgan fingerprint density at radius 3 is 2.15 bits per heavy atom. The summed E-state index contributed by atoms with van der Waals surface area (Å²) in [5.41, 5.74) is 7.24.